The van der Waals surface area contributed by atoms with Crippen molar-refractivity contribution in [2.45, 2.75) is 25.7 Å². The van der Waals surface area contributed by atoms with Crippen molar-refractivity contribution in [2.75, 3.05) is 13.2 Å². The molecule has 2 fully saturated rings. The monoisotopic (exact) mass is 176 g/mol. The van der Waals surface area contributed by atoms with E-state index in [0.717, 1.165) is 12.5 Å². The summed E-state index contributed by atoms with van der Waals surface area (Å²) < 4.78 is 5.33. The first-order chi connectivity index (χ1) is 6.45. The van der Waals surface area contributed by atoms with Crippen LogP contribution in [-0.4, -0.2) is 13.2 Å². The van der Waals surface area contributed by atoms with Crippen LogP contribution < -0.4 is 0 Å². The van der Waals surface area contributed by atoms with Crippen LogP contribution in [0.3, 0.4) is 0 Å². The van der Waals surface area contributed by atoms with Gasteiger partial charge in [0.2, 0.25) is 0 Å². The molecule has 70 valence electrons. The molecule has 0 heterocycles. The van der Waals surface area contributed by atoms with Gasteiger partial charge >= 0.3 is 0 Å². The summed E-state index contributed by atoms with van der Waals surface area (Å²) in [6.45, 7) is 1.33. The zero-order chi connectivity index (χ0) is 8.93. The predicted molar refractivity (Wildman–Crippen MR) is 53.2 cm³/mol. The lowest BCUT2D eigenvalue weighted by atomic mass is 10.4. The molecule has 1 nitrogen and oxygen atoms in total. The van der Waals surface area contributed by atoms with E-state index in [9.17, 15) is 0 Å². The molecular weight excluding hydrogens is 160 g/mol. The molecule has 0 aliphatic heterocycles. The normalized spacial score (nSPS) is 21.5. The first-order valence-corrected chi connectivity index (χ1v) is 5.18. The van der Waals surface area contributed by atoms with Crippen LogP contribution in [0.1, 0.15) is 25.7 Å². The molecule has 2 saturated carbocycles. The molecule has 0 radical (unpaired) electrons. The van der Waals surface area contributed by atoms with Gasteiger partial charge in [-0.05, 0) is 31.6 Å². The van der Waals surface area contributed by atoms with Crippen molar-refractivity contribution >= 4 is 0 Å². The Morgan fingerprint density at radius 2 is 2.08 bits per heavy atom. The molecule has 0 unspecified atom stereocenters. The molecule has 0 bridgehead atoms. The number of rotatable bonds is 4. The zero-order valence-corrected chi connectivity index (χ0v) is 7.96. The first kappa shape index (κ1) is 8.84. The molecule has 0 atom stereocenters. The summed E-state index contributed by atoms with van der Waals surface area (Å²) >= 11 is 0. The van der Waals surface area contributed by atoms with E-state index in [1.807, 2.05) is 0 Å². The van der Waals surface area contributed by atoms with Crippen LogP contribution in [0.5, 0.6) is 0 Å². The third-order valence-corrected chi connectivity index (χ3v) is 2.30. The molecule has 0 aromatic carbocycles. The molecule has 0 aromatic heterocycles. The Kier molecular flexibility index (Phi) is 3.05. The van der Waals surface area contributed by atoms with Crippen molar-refractivity contribution in [2.24, 2.45) is 11.8 Å². The van der Waals surface area contributed by atoms with E-state index in [1.54, 1.807) is 0 Å². The van der Waals surface area contributed by atoms with E-state index in [-0.39, 0.29) is 0 Å². The van der Waals surface area contributed by atoms with Crippen molar-refractivity contribution in [1.82, 2.24) is 0 Å². The summed E-state index contributed by atoms with van der Waals surface area (Å²) in [6, 6.07) is 0. The maximum Gasteiger partial charge on any atom is 0.108 e. The average Bonchev–Trinajstić information content (AvgIpc) is 2.99. The van der Waals surface area contributed by atoms with Gasteiger partial charge in [0, 0.05) is 5.92 Å². The Hall–Kier alpha value is -0.740. The van der Waals surface area contributed by atoms with E-state index < -0.39 is 0 Å². The first-order valence-electron chi connectivity index (χ1n) is 5.18. The third-order valence-electron chi connectivity index (χ3n) is 2.30. The molecular formula is C12H16O. The third kappa shape index (κ3) is 4.15. The molecule has 2 aliphatic carbocycles. The average molecular weight is 176 g/mol. The van der Waals surface area contributed by atoms with Crippen molar-refractivity contribution in [1.29, 1.82) is 0 Å². The van der Waals surface area contributed by atoms with Crippen LogP contribution in [0.2, 0.25) is 0 Å². The van der Waals surface area contributed by atoms with Gasteiger partial charge < -0.3 is 4.74 Å². The maximum absolute atomic E-state index is 5.33. The summed E-state index contributed by atoms with van der Waals surface area (Å²) in [5.74, 6) is 7.78. The van der Waals surface area contributed by atoms with Gasteiger partial charge in [-0.15, -0.1) is 0 Å². The lowest BCUT2D eigenvalue weighted by Gasteiger charge is -1.91. The lowest BCUT2D eigenvalue weighted by molar-refractivity contribution is 0.199. The lowest BCUT2D eigenvalue weighted by Crippen LogP contribution is -1.90. The van der Waals surface area contributed by atoms with Gasteiger partial charge in [0.25, 0.3) is 0 Å². The van der Waals surface area contributed by atoms with Gasteiger partial charge in [0.15, 0.2) is 0 Å². The maximum atomic E-state index is 5.33. The molecule has 1 heteroatoms. The largest absolute Gasteiger partial charge is 0.365 e. The standard InChI is InChI=1S/C12H16O/c1(3-11-5-6-11)9-13-10-2-4-12-7-8-12/h1,3,11-12H,5-10H2/b3-1+. The summed E-state index contributed by atoms with van der Waals surface area (Å²) in [6.07, 6.45) is 9.73. The molecule has 2 aliphatic rings. The van der Waals surface area contributed by atoms with Crippen LogP contribution in [0.25, 0.3) is 0 Å². The minimum Gasteiger partial charge on any atom is -0.365 e. The van der Waals surface area contributed by atoms with Crippen molar-refractivity contribution < 1.29 is 4.74 Å². The van der Waals surface area contributed by atoms with Crippen LogP contribution >= 0.6 is 0 Å². The highest BCUT2D eigenvalue weighted by molar-refractivity contribution is 5.09. The quantitative estimate of drug-likeness (QED) is 0.363. The molecule has 2 rings (SSSR count). The number of hydrogen-bond acceptors (Lipinski definition) is 1. The Balaban J connectivity index is 1.46. The fourth-order valence-electron chi connectivity index (χ4n) is 1.13. The number of allylic oxidation sites excluding steroid dienone is 1. The Bertz CT molecular complexity index is 236. The van der Waals surface area contributed by atoms with E-state index in [0.29, 0.717) is 12.5 Å². The number of hydrogen-bond donors (Lipinski definition) is 0. The predicted octanol–water partition coefficient (Wildman–Crippen LogP) is 2.38. The van der Waals surface area contributed by atoms with Gasteiger partial charge in [-0.25, -0.2) is 0 Å². The fourth-order valence-corrected chi connectivity index (χ4v) is 1.13. The van der Waals surface area contributed by atoms with Crippen molar-refractivity contribution in [3.05, 3.63) is 12.2 Å². The van der Waals surface area contributed by atoms with Gasteiger partial charge in [-0.2, -0.15) is 0 Å². The second kappa shape index (κ2) is 4.48. The highest BCUT2D eigenvalue weighted by atomic mass is 16.5. The summed E-state index contributed by atoms with van der Waals surface area (Å²) in [5, 5.41) is 0. The molecule has 0 spiro atoms. The minimum atomic E-state index is 0.603. The zero-order valence-electron chi connectivity index (χ0n) is 7.96. The van der Waals surface area contributed by atoms with E-state index in [4.69, 9.17) is 4.74 Å². The van der Waals surface area contributed by atoms with Crippen molar-refractivity contribution in [3.8, 4) is 11.8 Å². The molecule has 0 amide bonds. The Labute approximate surface area is 80.2 Å². The Morgan fingerprint density at radius 1 is 1.23 bits per heavy atom. The second-order valence-electron chi connectivity index (χ2n) is 3.88. The van der Waals surface area contributed by atoms with E-state index >= 15 is 0 Å². The molecule has 0 saturated heterocycles. The van der Waals surface area contributed by atoms with Gasteiger partial charge in [0.05, 0.1) is 6.61 Å². The minimum absolute atomic E-state index is 0.603. The van der Waals surface area contributed by atoms with Gasteiger partial charge in [0.1, 0.15) is 6.61 Å². The molecule has 0 aromatic rings. The fraction of sp³-hybridized carbons (Fsp3) is 0.667. The summed E-state index contributed by atoms with van der Waals surface area (Å²) in [4.78, 5) is 0. The van der Waals surface area contributed by atoms with Crippen molar-refractivity contribution in [3.63, 3.8) is 0 Å². The molecule has 0 N–H and O–H groups in total. The second-order valence-corrected chi connectivity index (χ2v) is 3.88. The smallest absolute Gasteiger partial charge is 0.108 e. The number of ether oxygens (including phenoxy) is 1. The van der Waals surface area contributed by atoms with Crippen LogP contribution in [0.15, 0.2) is 12.2 Å². The van der Waals surface area contributed by atoms with E-state index in [1.165, 1.54) is 25.7 Å². The summed E-state index contributed by atoms with van der Waals surface area (Å²) in [7, 11) is 0. The SMILES string of the molecule is C(#CC1CC1)COC/C=C/C1CC1. The van der Waals surface area contributed by atoms with Crippen LogP contribution in [-0.2, 0) is 4.74 Å². The topological polar surface area (TPSA) is 9.23 Å². The highest BCUT2D eigenvalue weighted by Crippen LogP contribution is 2.29. The highest BCUT2D eigenvalue weighted by Gasteiger charge is 2.17. The Morgan fingerprint density at radius 3 is 2.77 bits per heavy atom. The molecule has 13 heavy (non-hydrogen) atoms. The van der Waals surface area contributed by atoms with Crippen LogP contribution in [0.4, 0.5) is 0 Å². The summed E-state index contributed by atoms with van der Waals surface area (Å²) in [5.41, 5.74) is 0. The van der Waals surface area contributed by atoms with Crippen LogP contribution in [0, 0.1) is 23.7 Å². The van der Waals surface area contributed by atoms with E-state index in [2.05, 4.69) is 24.0 Å². The van der Waals surface area contributed by atoms with Gasteiger partial charge in [-0.1, -0.05) is 24.0 Å². The van der Waals surface area contributed by atoms with Gasteiger partial charge in [-0.3, -0.25) is 0 Å².